The highest BCUT2D eigenvalue weighted by molar-refractivity contribution is 5.79. The highest BCUT2D eigenvalue weighted by Crippen LogP contribution is 2.22. The van der Waals surface area contributed by atoms with E-state index in [0.717, 1.165) is 22.8 Å². The standard InChI is InChI=1S/C22H24NO2/c1-4-24-20-14-15-21-18(16-20)11-13-19(23(21)3)12-10-17-8-6-7-9-22(17)25-5-2/h6-16H,4-5H2,1-3H3/q+1. The zero-order chi connectivity index (χ0) is 17.6. The van der Waals surface area contributed by atoms with Gasteiger partial charge in [0, 0.05) is 23.8 Å². The third kappa shape index (κ3) is 3.82. The quantitative estimate of drug-likeness (QED) is 0.613. The number of hydrogen-bond acceptors (Lipinski definition) is 2. The lowest BCUT2D eigenvalue weighted by molar-refractivity contribution is -0.646. The van der Waals surface area contributed by atoms with Crippen LogP contribution in [0.25, 0.3) is 23.1 Å². The number of benzene rings is 2. The molecule has 0 spiro atoms. The molecule has 0 saturated heterocycles. The molecule has 0 aliphatic heterocycles. The molecule has 0 aliphatic carbocycles. The zero-order valence-corrected chi connectivity index (χ0v) is 15.0. The molecule has 0 bridgehead atoms. The van der Waals surface area contributed by atoms with Crippen molar-refractivity contribution in [2.24, 2.45) is 7.05 Å². The zero-order valence-electron chi connectivity index (χ0n) is 15.0. The molecule has 0 saturated carbocycles. The Morgan fingerprint density at radius 3 is 2.48 bits per heavy atom. The van der Waals surface area contributed by atoms with Gasteiger partial charge in [-0.1, -0.05) is 18.2 Å². The van der Waals surface area contributed by atoms with Crippen molar-refractivity contribution < 1.29 is 14.0 Å². The van der Waals surface area contributed by atoms with Crippen molar-refractivity contribution in [1.29, 1.82) is 0 Å². The molecular formula is C22H24NO2+. The summed E-state index contributed by atoms with van der Waals surface area (Å²) in [7, 11) is 2.08. The van der Waals surface area contributed by atoms with Crippen molar-refractivity contribution in [3.05, 3.63) is 65.9 Å². The highest BCUT2D eigenvalue weighted by atomic mass is 16.5. The summed E-state index contributed by atoms with van der Waals surface area (Å²) in [6.45, 7) is 5.34. The third-order valence-corrected chi connectivity index (χ3v) is 4.14. The minimum atomic E-state index is 0.663. The first kappa shape index (κ1) is 17.0. The van der Waals surface area contributed by atoms with Gasteiger partial charge in [0.2, 0.25) is 11.2 Å². The molecule has 0 N–H and O–H groups in total. The average molecular weight is 334 g/mol. The fraction of sp³-hybridized carbons (Fsp3) is 0.227. The van der Waals surface area contributed by atoms with Crippen molar-refractivity contribution >= 4 is 23.1 Å². The summed E-state index contributed by atoms with van der Waals surface area (Å²) in [5.74, 6) is 1.81. The molecule has 0 aliphatic rings. The normalized spacial score (nSPS) is 11.2. The number of fused-ring (bicyclic) bond motifs is 1. The van der Waals surface area contributed by atoms with Crippen molar-refractivity contribution in [2.75, 3.05) is 13.2 Å². The lowest BCUT2D eigenvalue weighted by Gasteiger charge is -2.06. The van der Waals surface area contributed by atoms with Crippen LogP contribution in [0.2, 0.25) is 0 Å². The second kappa shape index (κ2) is 7.84. The number of pyridine rings is 1. The van der Waals surface area contributed by atoms with E-state index in [4.69, 9.17) is 9.47 Å². The molecular weight excluding hydrogens is 310 g/mol. The molecule has 0 radical (unpaired) electrons. The summed E-state index contributed by atoms with van der Waals surface area (Å²) in [6, 6.07) is 18.5. The summed E-state index contributed by atoms with van der Waals surface area (Å²) >= 11 is 0. The van der Waals surface area contributed by atoms with Gasteiger partial charge in [-0.25, -0.2) is 0 Å². The van der Waals surface area contributed by atoms with Gasteiger partial charge in [0.15, 0.2) is 0 Å². The van der Waals surface area contributed by atoms with Crippen LogP contribution in [0.5, 0.6) is 11.5 Å². The van der Waals surface area contributed by atoms with Gasteiger partial charge in [-0.05, 0) is 44.2 Å². The summed E-state index contributed by atoms with van der Waals surface area (Å²) in [5.41, 5.74) is 3.38. The van der Waals surface area contributed by atoms with E-state index in [1.165, 1.54) is 10.9 Å². The Labute approximate surface area is 149 Å². The topological polar surface area (TPSA) is 22.3 Å². The van der Waals surface area contributed by atoms with Crippen LogP contribution < -0.4 is 14.0 Å². The first-order valence-corrected chi connectivity index (χ1v) is 8.68. The largest absolute Gasteiger partial charge is 0.494 e. The Balaban J connectivity index is 1.94. The van der Waals surface area contributed by atoms with Crippen LogP contribution in [0.3, 0.4) is 0 Å². The lowest BCUT2D eigenvalue weighted by atomic mass is 10.1. The van der Waals surface area contributed by atoms with Gasteiger partial charge in [-0.3, -0.25) is 0 Å². The van der Waals surface area contributed by atoms with Crippen LogP contribution in [0.15, 0.2) is 54.6 Å². The van der Waals surface area contributed by atoms with E-state index in [1.807, 2.05) is 38.1 Å². The minimum absolute atomic E-state index is 0.663. The molecule has 0 atom stereocenters. The van der Waals surface area contributed by atoms with Crippen LogP contribution in [-0.4, -0.2) is 13.2 Å². The number of rotatable bonds is 6. The summed E-state index contributed by atoms with van der Waals surface area (Å²) in [4.78, 5) is 0. The van der Waals surface area contributed by atoms with Crippen molar-refractivity contribution in [3.63, 3.8) is 0 Å². The van der Waals surface area contributed by atoms with Crippen LogP contribution in [0, 0.1) is 0 Å². The first-order valence-electron chi connectivity index (χ1n) is 8.68. The second-order valence-corrected chi connectivity index (χ2v) is 5.78. The van der Waals surface area contributed by atoms with Gasteiger partial charge in [0.25, 0.3) is 0 Å². The molecule has 2 aromatic carbocycles. The fourth-order valence-corrected chi connectivity index (χ4v) is 2.90. The van der Waals surface area contributed by atoms with Gasteiger partial charge < -0.3 is 9.47 Å². The number of aryl methyl sites for hydroxylation is 1. The van der Waals surface area contributed by atoms with Gasteiger partial charge in [-0.2, -0.15) is 4.57 Å². The molecule has 3 rings (SSSR count). The predicted octanol–water partition coefficient (Wildman–Crippen LogP) is 4.63. The first-order chi connectivity index (χ1) is 12.2. The Morgan fingerprint density at radius 2 is 1.68 bits per heavy atom. The molecule has 0 unspecified atom stereocenters. The molecule has 0 amide bonds. The van der Waals surface area contributed by atoms with E-state index >= 15 is 0 Å². The van der Waals surface area contributed by atoms with E-state index in [-0.39, 0.29) is 0 Å². The van der Waals surface area contributed by atoms with E-state index in [9.17, 15) is 0 Å². The van der Waals surface area contributed by atoms with Crippen molar-refractivity contribution in [3.8, 4) is 11.5 Å². The molecule has 1 aromatic heterocycles. The van der Waals surface area contributed by atoms with Gasteiger partial charge in [0.1, 0.15) is 18.5 Å². The fourth-order valence-electron chi connectivity index (χ4n) is 2.90. The van der Waals surface area contributed by atoms with Crippen molar-refractivity contribution in [2.45, 2.75) is 13.8 Å². The molecule has 3 heteroatoms. The van der Waals surface area contributed by atoms with Crippen LogP contribution in [0.1, 0.15) is 25.1 Å². The third-order valence-electron chi connectivity index (χ3n) is 4.14. The Hall–Kier alpha value is -2.81. The maximum Gasteiger partial charge on any atom is 0.212 e. The maximum absolute atomic E-state index is 5.69. The van der Waals surface area contributed by atoms with E-state index in [2.05, 4.69) is 54.1 Å². The molecule has 3 nitrogen and oxygen atoms in total. The van der Waals surface area contributed by atoms with Gasteiger partial charge >= 0.3 is 0 Å². The predicted molar refractivity (Wildman–Crippen MR) is 103 cm³/mol. The number of para-hydroxylation sites is 1. The molecule has 128 valence electrons. The number of nitrogens with zero attached hydrogens (tertiary/aromatic N) is 1. The van der Waals surface area contributed by atoms with Crippen molar-refractivity contribution in [1.82, 2.24) is 0 Å². The SMILES string of the molecule is CCOc1ccc2c(ccc(C=Cc3ccccc3OCC)[n+]2C)c1. The Morgan fingerprint density at radius 1 is 0.880 bits per heavy atom. The number of aromatic nitrogens is 1. The maximum atomic E-state index is 5.69. The smallest absolute Gasteiger partial charge is 0.212 e. The lowest BCUT2D eigenvalue weighted by Crippen LogP contribution is -2.32. The van der Waals surface area contributed by atoms with E-state index in [1.54, 1.807) is 0 Å². The number of ether oxygens (including phenoxy) is 2. The number of hydrogen-bond donors (Lipinski definition) is 0. The summed E-state index contributed by atoms with van der Waals surface area (Å²) < 4.78 is 13.5. The monoisotopic (exact) mass is 334 g/mol. The Kier molecular flexibility index (Phi) is 5.34. The molecule has 1 heterocycles. The summed E-state index contributed by atoms with van der Waals surface area (Å²) in [5, 5.41) is 1.17. The van der Waals surface area contributed by atoms with Crippen LogP contribution >= 0.6 is 0 Å². The molecule has 3 aromatic rings. The molecule has 25 heavy (non-hydrogen) atoms. The van der Waals surface area contributed by atoms with E-state index < -0.39 is 0 Å². The van der Waals surface area contributed by atoms with Crippen LogP contribution in [-0.2, 0) is 7.05 Å². The van der Waals surface area contributed by atoms with Crippen LogP contribution in [0.4, 0.5) is 0 Å². The molecule has 0 fully saturated rings. The van der Waals surface area contributed by atoms with Gasteiger partial charge in [-0.15, -0.1) is 0 Å². The highest BCUT2D eigenvalue weighted by Gasteiger charge is 2.10. The minimum Gasteiger partial charge on any atom is -0.494 e. The summed E-state index contributed by atoms with van der Waals surface area (Å²) in [6.07, 6.45) is 4.22. The van der Waals surface area contributed by atoms with E-state index in [0.29, 0.717) is 13.2 Å². The second-order valence-electron chi connectivity index (χ2n) is 5.78. The average Bonchev–Trinajstić information content (AvgIpc) is 2.63. The van der Waals surface area contributed by atoms with Gasteiger partial charge in [0.05, 0.1) is 18.6 Å². The Bertz CT molecular complexity index is 900.